The van der Waals surface area contributed by atoms with Crippen molar-refractivity contribution in [1.29, 1.82) is 0 Å². The van der Waals surface area contributed by atoms with Crippen molar-refractivity contribution in [1.82, 2.24) is 25.5 Å². The maximum Gasteiger partial charge on any atom is 0.264 e. The van der Waals surface area contributed by atoms with E-state index >= 15 is 0 Å². The van der Waals surface area contributed by atoms with Crippen LogP contribution in [0.15, 0.2) is 71.8 Å². The first-order valence-corrected chi connectivity index (χ1v) is 10.5. The lowest BCUT2D eigenvalue weighted by Crippen LogP contribution is -2.29. The Balaban J connectivity index is 1.49. The van der Waals surface area contributed by atoms with Crippen LogP contribution in [0.1, 0.15) is 21.5 Å². The fraction of sp³-hybridized carbons (Fsp3) is 0.160. The number of nitrogens with one attached hydrogen (secondary N) is 2. The van der Waals surface area contributed by atoms with Gasteiger partial charge in [-0.15, -0.1) is 5.10 Å². The van der Waals surface area contributed by atoms with E-state index in [2.05, 4.69) is 25.5 Å². The van der Waals surface area contributed by atoms with Crippen molar-refractivity contribution in [2.24, 2.45) is 0 Å². The van der Waals surface area contributed by atoms with E-state index in [0.29, 0.717) is 12.3 Å². The topological polar surface area (TPSA) is 119 Å². The van der Waals surface area contributed by atoms with Gasteiger partial charge in [0.1, 0.15) is 17.0 Å². The van der Waals surface area contributed by atoms with Crippen LogP contribution in [0.3, 0.4) is 0 Å². The minimum Gasteiger partial charge on any atom is -0.496 e. The van der Waals surface area contributed by atoms with Gasteiger partial charge >= 0.3 is 0 Å². The average molecular weight is 457 g/mol. The molecule has 2 heterocycles. The molecule has 0 saturated carbocycles. The highest BCUT2D eigenvalue weighted by Crippen LogP contribution is 2.31. The van der Waals surface area contributed by atoms with Crippen molar-refractivity contribution in [2.75, 3.05) is 14.2 Å². The molecule has 4 rings (SSSR count). The molecule has 4 aromatic rings. The van der Waals surface area contributed by atoms with E-state index < -0.39 is 11.5 Å². The molecule has 172 valence electrons. The molecule has 2 aromatic heterocycles. The van der Waals surface area contributed by atoms with Crippen LogP contribution in [0.25, 0.3) is 22.6 Å². The van der Waals surface area contributed by atoms with Crippen molar-refractivity contribution < 1.29 is 14.3 Å². The number of aromatic nitrogens is 4. The standard InChI is InChI=1S/C25H23N5O4/c1-33-15-16-5-8-18(9-6-16)19-12-17(7-10-22(19)34-2)13-27-24(31)20-14-26-23(29-25(20)32)21-4-3-11-28-30-21/h3-12,14H,13,15H2,1-2H3,(H,27,31)(H,26,29,32). The Hall–Kier alpha value is -4.37. The summed E-state index contributed by atoms with van der Waals surface area (Å²) in [6.45, 7) is 0.764. The van der Waals surface area contributed by atoms with Gasteiger partial charge in [-0.05, 0) is 41.0 Å². The van der Waals surface area contributed by atoms with Gasteiger partial charge in [-0.3, -0.25) is 9.59 Å². The van der Waals surface area contributed by atoms with Crippen LogP contribution in [0, 0.1) is 0 Å². The molecule has 0 atom stereocenters. The number of aromatic amines is 1. The molecular weight excluding hydrogens is 434 g/mol. The summed E-state index contributed by atoms with van der Waals surface area (Å²) < 4.78 is 10.7. The van der Waals surface area contributed by atoms with Crippen LogP contribution in [0.2, 0.25) is 0 Å². The van der Waals surface area contributed by atoms with Gasteiger partial charge in [0, 0.05) is 31.6 Å². The number of carbonyl (C=O) groups is 1. The molecule has 9 heteroatoms. The summed E-state index contributed by atoms with van der Waals surface area (Å²) in [4.78, 5) is 31.8. The van der Waals surface area contributed by atoms with Crippen molar-refractivity contribution in [3.05, 3.63) is 94.0 Å². The molecule has 0 radical (unpaired) electrons. The second-order valence-corrected chi connectivity index (χ2v) is 7.43. The Kier molecular flexibility index (Phi) is 7.04. The van der Waals surface area contributed by atoms with E-state index in [0.717, 1.165) is 28.0 Å². The van der Waals surface area contributed by atoms with Crippen molar-refractivity contribution in [2.45, 2.75) is 13.2 Å². The SMILES string of the molecule is COCc1ccc(-c2cc(CNC(=O)c3cnc(-c4cccnn4)[nH]c3=O)ccc2OC)cc1. The minimum absolute atomic E-state index is 0.0879. The van der Waals surface area contributed by atoms with Crippen LogP contribution in [-0.2, 0) is 17.9 Å². The molecule has 0 spiro atoms. The number of nitrogens with zero attached hydrogens (tertiary/aromatic N) is 3. The Labute approximate surface area is 195 Å². The summed E-state index contributed by atoms with van der Waals surface area (Å²) in [7, 11) is 3.27. The molecule has 0 saturated heterocycles. The van der Waals surface area contributed by atoms with Crippen LogP contribution in [0.4, 0.5) is 0 Å². The lowest BCUT2D eigenvalue weighted by atomic mass is 10.0. The predicted molar refractivity (Wildman–Crippen MR) is 126 cm³/mol. The zero-order valence-electron chi connectivity index (χ0n) is 18.7. The quantitative estimate of drug-likeness (QED) is 0.417. The smallest absolute Gasteiger partial charge is 0.264 e. The Morgan fingerprint density at radius 3 is 2.53 bits per heavy atom. The van der Waals surface area contributed by atoms with Gasteiger partial charge in [0.25, 0.3) is 11.5 Å². The highest BCUT2D eigenvalue weighted by Gasteiger charge is 2.14. The molecule has 0 fully saturated rings. The number of H-pyrrole nitrogens is 1. The Morgan fingerprint density at radius 1 is 1.06 bits per heavy atom. The van der Waals surface area contributed by atoms with Crippen LogP contribution < -0.4 is 15.6 Å². The van der Waals surface area contributed by atoms with Gasteiger partial charge < -0.3 is 19.8 Å². The Morgan fingerprint density at radius 2 is 1.85 bits per heavy atom. The highest BCUT2D eigenvalue weighted by atomic mass is 16.5. The molecule has 2 N–H and O–H groups in total. The zero-order chi connectivity index (χ0) is 23.9. The van der Waals surface area contributed by atoms with E-state index in [1.165, 1.54) is 12.4 Å². The summed E-state index contributed by atoms with van der Waals surface area (Å²) in [5, 5.41) is 10.4. The van der Waals surface area contributed by atoms with E-state index in [-0.39, 0.29) is 17.9 Å². The number of hydrogen-bond donors (Lipinski definition) is 2. The summed E-state index contributed by atoms with van der Waals surface area (Å²) in [5.41, 5.74) is 3.56. The fourth-order valence-electron chi connectivity index (χ4n) is 3.43. The lowest BCUT2D eigenvalue weighted by molar-refractivity contribution is 0.0949. The molecule has 0 aliphatic rings. The van der Waals surface area contributed by atoms with Crippen LogP contribution in [0.5, 0.6) is 5.75 Å². The third-order valence-corrected chi connectivity index (χ3v) is 5.15. The molecule has 1 amide bonds. The summed E-state index contributed by atoms with van der Waals surface area (Å²) in [6.07, 6.45) is 2.75. The van der Waals surface area contributed by atoms with Gasteiger partial charge in [-0.2, -0.15) is 5.10 Å². The number of ether oxygens (including phenoxy) is 2. The largest absolute Gasteiger partial charge is 0.496 e. The molecular formula is C25H23N5O4. The molecule has 2 aromatic carbocycles. The first-order valence-electron chi connectivity index (χ1n) is 10.5. The molecule has 0 aliphatic heterocycles. The number of hydrogen-bond acceptors (Lipinski definition) is 7. The average Bonchev–Trinajstić information content (AvgIpc) is 2.88. The number of carbonyl (C=O) groups excluding carboxylic acids is 1. The first kappa shape index (κ1) is 22.8. The molecule has 34 heavy (non-hydrogen) atoms. The fourth-order valence-corrected chi connectivity index (χ4v) is 3.43. The molecule has 0 bridgehead atoms. The van der Waals surface area contributed by atoms with Crippen LogP contribution >= 0.6 is 0 Å². The molecule has 0 aliphatic carbocycles. The van der Waals surface area contributed by atoms with E-state index in [9.17, 15) is 9.59 Å². The van der Waals surface area contributed by atoms with Crippen molar-refractivity contribution >= 4 is 5.91 Å². The van der Waals surface area contributed by atoms with Gasteiger partial charge in [-0.25, -0.2) is 4.98 Å². The minimum atomic E-state index is -0.556. The summed E-state index contributed by atoms with van der Waals surface area (Å²) >= 11 is 0. The number of benzene rings is 2. The molecule has 0 unspecified atom stereocenters. The highest BCUT2D eigenvalue weighted by molar-refractivity contribution is 5.93. The maximum absolute atomic E-state index is 12.6. The predicted octanol–water partition coefficient (Wildman–Crippen LogP) is 2.98. The van der Waals surface area contributed by atoms with Gasteiger partial charge in [0.15, 0.2) is 5.82 Å². The van der Waals surface area contributed by atoms with Gasteiger partial charge in [0.2, 0.25) is 0 Å². The normalized spacial score (nSPS) is 10.6. The van der Waals surface area contributed by atoms with E-state index in [4.69, 9.17) is 9.47 Å². The summed E-state index contributed by atoms with van der Waals surface area (Å²) in [5.74, 6) is 0.432. The number of amides is 1. The third kappa shape index (κ3) is 5.16. The second-order valence-electron chi connectivity index (χ2n) is 7.43. The van der Waals surface area contributed by atoms with Gasteiger partial charge in [-0.1, -0.05) is 30.3 Å². The molecule has 9 nitrogen and oxygen atoms in total. The number of methoxy groups -OCH3 is 2. The summed E-state index contributed by atoms with van der Waals surface area (Å²) in [6, 6.07) is 17.0. The second kappa shape index (κ2) is 10.5. The van der Waals surface area contributed by atoms with Crippen molar-refractivity contribution in [3.63, 3.8) is 0 Å². The zero-order valence-corrected chi connectivity index (χ0v) is 18.7. The maximum atomic E-state index is 12.6. The van der Waals surface area contributed by atoms with E-state index in [1.807, 2.05) is 42.5 Å². The first-order chi connectivity index (χ1) is 16.6. The lowest BCUT2D eigenvalue weighted by Gasteiger charge is -2.12. The third-order valence-electron chi connectivity index (χ3n) is 5.15. The van der Waals surface area contributed by atoms with Crippen LogP contribution in [-0.4, -0.2) is 40.3 Å². The number of rotatable bonds is 8. The van der Waals surface area contributed by atoms with Gasteiger partial charge in [0.05, 0.1) is 13.7 Å². The monoisotopic (exact) mass is 457 g/mol. The Bertz CT molecular complexity index is 1340. The van der Waals surface area contributed by atoms with Crippen molar-refractivity contribution in [3.8, 4) is 28.4 Å². The van der Waals surface area contributed by atoms with E-state index in [1.54, 1.807) is 26.4 Å².